The molecule has 0 unspecified atom stereocenters. The maximum Gasteiger partial charge on any atom is 0.222 e. The van der Waals surface area contributed by atoms with Crippen LogP contribution >= 0.6 is 0 Å². The molecule has 1 atom stereocenters. The highest BCUT2D eigenvalue weighted by Gasteiger charge is 2.25. The number of likely N-dealkylation sites (tertiary alicyclic amines) is 1. The van der Waals surface area contributed by atoms with Gasteiger partial charge in [-0.05, 0) is 25.0 Å². The molecule has 4 heterocycles. The van der Waals surface area contributed by atoms with Gasteiger partial charge in [0.25, 0.3) is 0 Å². The third kappa shape index (κ3) is 3.03. The van der Waals surface area contributed by atoms with Crippen LogP contribution in [0.25, 0.3) is 5.69 Å². The van der Waals surface area contributed by atoms with Crippen LogP contribution in [0.3, 0.4) is 0 Å². The van der Waals surface area contributed by atoms with Crippen molar-refractivity contribution in [3.8, 4) is 5.69 Å². The number of pyridine rings is 1. The summed E-state index contributed by atoms with van der Waals surface area (Å²) in [4.78, 5) is 22.7. The van der Waals surface area contributed by atoms with Gasteiger partial charge in [0, 0.05) is 44.7 Å². The van der Waals surface area contributed by atoms with Crippen molar-refractivity contribution in [2.75, 3.05) is 26.3 Å². The van der Waals surface area contributed by atoms with E-state index in [0.29, 0.717) is 26.0 Å². The summed E-state index contributed by atoms with van der Waals surface area (Å²) in [6.07, 6.45) is 6.81. The van der Waals surface area contributed by atoms with E-state index in [-0.39, 0.29) is 11.8 Å². The smallest absolute Gasteiger partial charge is 0.222 e. The Kier molecular flexibility index (Phi) is 4.25. The minimum absolute atomic E-state index is 0.242. The molecule has 4 rings (SSSR count). The number of carbonyl (C=O) groups is 1. The van der Waals surface area contributed by atoms with Gasteiger partial charge in [0.05, 0.1) is 18.5 Å². The molecule has 0 bridgehead atoms. The largest absolute Gasteiger partial charge is 0.381 e. The zero-order valence-corrected chi connectivity index (χ0v) is 13.6. The third-order valence-corrected chi connectivity index (χ3v) is 4.65. The SMILES string of the molecule is O=C1CCCN1CCc1nc([C@@H]2CCOC2)nn1-c1cccnc1. The zero-order valence-electron chi connectivity index (χ0n) is 13.6. The molecule has 0 spiro atoms. The van der Waals surface area contributed by atoms with Gasteiger partial charge in [-0.3, -0.25) is 9.78 Å². The van der Waals surface area contributed by atoms with Gasteiger partial charge in [-0.1, -0.05) is 0 Å². The molecular formula is C17H21N5O2. The predicted octanol–water partition coefficient (Wildman–Crippen LogP) is 1.33. The van der Waals surface area contributed by atoms with Gasteiger partial charge in [0.1, 0.15) is 5.82 Å². The van der Waals surface area contributed by atoms with E-state index in [1.165, 1.54) is 0 Å². The van der Waals surface area contributed by atoms with Crippen LogP contribution in [0.2, 0.25) is 0 Å². The first-order chi connectivity index (χ1) is 11.8. The summed E-state index contributed by atoms with van der Waals surface area (Å²) >= 11 is 0. The molecule has 0 saturated carbocycles. The molecule has 7 heteroatoms. The quantitative estimate of drug-likeness (QED) is 0.828. The highest BCUT2D eigenvalue weighted by Crippen LogP contribution is 2.24. The van der Waals surface area contributed by atoms with E-state index in [0.717, 1.165) is 43.3 Å². The minimum Gasteiger partial charge on any atom is -0.381 e. The molecule has 0 N–H and O–H groups in total. The predicted molar refractivity (Wildman–Crippen MR) is 86.8 cm³/mol. The molecule has 2 aliphatic rings. The topological polar surface area (TPSA) is 73.1 Å². The minimum atomic E-state index is 0.242. The number of aromatic nitrogens is 4. The lowest BCUT2D eigenvalue weighted by Crippen LogP contribution is -2.27. The second-order valence-corrected chi connectivity index (χ2v) is 6.30. The Morgan fingerprint density at radius 2 is 2.33 bits per heavy atom. The Balaban J connectivity index is 1.59. The second kappa shape index (κ2) is 6.68. The molecule has 2 aliphatic heterocycles. The summed E-state index contributed by atoms with van der Waals surface area (Å²) in [5.41, 5.74) is 0.901. The van der Waals surface area contributed by atoms with E-state index in [1.54, 1.807) is 12.4 Å². The van der Waals surface area contributed by atoms with Crippen molar-refractivity contribution in [2.45, 2.75) is 31.6 Å². The summed E-state index contributed by atoms with van der Waals surface area (Å²) in [5, 5.41) is 4.71. The molecule has 2 aromatic rings. The van der Waals surface area contributed by atoms with Crippen molar-refractivity contribution in [3.05, 3.63) is 36.2 Å². The Morgan fingerprint density at radius 3 is 3.04 bits per heavy atom. The highest BCUT2D eigenvalue weighted by molar-refractivity contribution is 5.78. The molecule has 0 radical (unpaired) electrons. The molecule has 2 fully saturated rings. The van der Waals surface area contributed by atoms with Crippen LogP contribution in [-0.4, -0.2) is 56.9 Å². The van der Waals surface area contributed by atoms with E-state index >= 15 is 0 Å². The number of ether oxygens (including phenoxy) is 1. The van der Waals surface area contributed by atoms with Gasteiger partial charge in [-0.2, -0.15) is 5.10 Å². The number of amides is 1. The van der Waals surface area contributed by atoms with Crippen LogP contribution in [-0.2, 0) is 16.0 Å². The molecule has 0 aliphatic carbocycles. The molecule has 0 aromatic carbocycles. The molecule has 24 heavy (non-hydrogen) atoms. The molecule has 7 nitrogen and oxygen atoms in total. The average molecular weight is 327 g/mol. The van der Waals surface area contributed by atoms with Crippen LogP contribution in [0.5, 0.6) is 0 Å². The van der Waals surface area contributed by atoms with E-state index in [9.17, 15) is 4.79 Å². The van der Waals surface area contributed by atoms with Crippen molar-refractivity contribution in [2.24, 2.45) is 0 Å². The normalized spacial score (nSPS) is 20.9. The van der Waals surface area contributed by atoms with Crippen molar-refractivity contribution < 1.29 is 9.53 Å². The van der Waals surface area contributed by atoms with E-state index in [2.05, 4.69) is 4.98 Å². The van der Waals surface area contributed by atoms with Crippen molar-refractivity contribution >= 4 is 5.91 Å². The van der Waals surface area contributed by atoms with E-state index in [4.69, 9.17) is 14.8 Å². The van der Waals surface area contributed by atoms with Gasteiger partial charge in [-0.15, -0.1) is 0 Å². The van der Waals surface area contributed by atoms with Crippen molar-refractivity contribution in [3.63, 3.8) is 0 Å². The van der Waals surface area contributed by atoms with Gasteiger partial charge >= 0.3 is 0 Å². The van der Waals surface area contributed by atoms with Gasteiger partial charge < -0.3 is 9.64 Å². The first-order valence-electron chi connectivity index (χ1n) is 8.53. The first-order valence-corrected chi connectivity index (χ1v) is 8.53. The van der Waals surface area contributed by atoms with Crippen molar-refractivity contribution in [1.82, 2.24) is 24.6 Å². The molecular weight excluding hydrogens is 306 g/mol. The number of carbonyl (C=O) groups excluding carboxylic acids is 1. The maximum absolute atomic E-state index is 11.8. The van der Waals surface area contributed by atoms with Crippen LogP contribution in [0.1, 0.15) is 36.8 Å². The summed E-state index contributed by atoms with van der Waals surface area (Å²) in [6, 6.07) is 3.87. The Hall–Kier alpha value is -2.28. The fraction of sp³-hybridized carbons (Fsp3) is 0.529. The molecule has 2 aromatic heterocycles. The number of rotatable bonds is 5. The molecule has 1 amide bonds. The average Bonchev–Trinajstić information content (AvgIpc) is 3.34. The molecule has 126 valence electrons. The van der Waals surface area contributed by atoms with Crippen molar-refractivity contribution in [1.29, 1.82) is 0 Å². The van der Waals surface area contributed by atoms with E-state index in [1.807, 2.05) is 21.7 Å². The summed E-state index contributed by atoms with van der Waals surface area (Å²) in [6.45, 7) is 2.99. The summed E-state index contributed by atoms with van der Waals surface area (Å²) in [7, 11) is 0. The third-order valence-electron chi connectivity index (χ3n) is 4.65. The first kappa shape index (κ1) is 15.3. The fourth-order valence-corrected chi connectivity index (χ4v) is 3.30. The van der Waals surface area contributed by atoms with Gasteiger partial charge in [0.2, 0.25) is 5.91 Å². The van der Waals surface area contributed by atoms with Crippen LogP contribution in [0, 0.1) is 0 Å². The lowest BCUT2D eigenvalue weighted by Gasteiger charge is -2.15. The number of hydrogen-bond donors (Lipinski definition) is 0. The molecule has 2 saturated heterocycles. The standard InChI is InChI=1S/C17H21N5O2/c23-16-4-2-8-21(16)9-5-15-19-17(13-6-10-24-12-13)20-22(15)14-3-1-7-18-11-14/h1,3,7,11,13H,2,4-6,8-10,12H2/t13-/m1/s1. The number of hydrogen-bond acceptors (Lipinski definition) is 5. The monoisotopic (exact) mass is 327 g/mol. The van der Waals surface area contributed by atoms with Gasteiger partial charge in [0.15, 0.2) is 5.82 Å². The fourth-order valence-electron chi connectivity index (χ4n) is 3.30. The second-order valence-electron chi connectivity index (χ2n) is 6.30. The summed E-state index contributed by atoms with van der Waals surface area (Å²) in [5.74, 6) is 2.21. The number of nitrogens with zero attached hydrogens (tertiary/aromatic N) is 5. The van der Waals surface area contributed by atoms with Crippen LogP contribution < -0.4 is 0 Å². The lowest BCUT2D eigenvalue weighted by atomic mass is 10.1. The van der Waals surface area contributed by atoms with Gasteiger partial charge in [-0.25, -0.2) is 9.67 Å². The Bertz CT molecular complexity index is 709. The zero-order chi connectivity index (χ0) is 16.4. The van der Waals surface area contributed by atoms with Crippen LogP contribution in [0.15, 0.2) is 24.5 Å². The van der Waals surface area contributed by atoms with E-state index < -0.39 is 0 Å². The Labute approximate surface area is 140 Å². The summed E-state index contributed by atoms with van der Waals surface area (Å²) < 4.78 is 7.33. The lowest BCUT2D eigenvalue weighted by molar-refractivity contribution is -0.127. The highest BCUT2D eigenvalue weighted by atomic mass is 16.5. The maximum atomic E-state index is 11.8. The van der Waals surface area contributed by atoms with Crippen LogP contribution in [0.4, 0.5) is 0 Å². The Morgan fingerprint density at radius 1 is 1.38 bits per heavy atom.